The van der Waals surface area contributed by atoms with Gasteiger partial charge in [0.05, 0.1) is 23.2 Å². The molecular weight excluding hydrogens is 1740 g/mol. The second-order valence-corrected chi connectivity index (χ2v) is 35.7. The van der Waals surface area contributed by atoms with Gasteiger partial charge in [-0.3, -0.25) is 48.1 Å². The Hall–Kier alpha value is -12.0. The first kappa shape index (κ1) is 105. The number of imide groups is 2. The van der Waals surface area contributed by atoms with Crippen molar-refractivity contribution in [3.05, 3.63) is 158 Å². The van der Waals surface area contributed by atoms with Crippen LogP contribution in [0, 0.1) is 5.92 Å². The number of thioether (sulfide) groups is 1. The molecule has 8 aliphatic rings. The van der Waals surface area contributed by atoms with Crippen molar-refractivity contribution in [1.82, 2.24) is 41.9 Å². The van der Waals surface area contributed by atoms with E-state index >= 15 is 0 Å². The molecule has 4 atom stereocenters. The average Bonchev–Trinajstić information content (AvgIpc) is 1.59. The number of aromatic carboxylic acids is 2. The van der Waals surface area contributed by atoms with E-state index < -0.39 is 35.8 Å². The van der Waals surface area contributed by atoms with Crippen LogP contribution in [-0.4, -0.2) is 163 Å². The van der Waals surface area contributed by atoms with Gasteiger partial charge in [0.15, 0.2) is 16.0 Å². The van der Waals surface area contributed by atoms with Crippen LogP contribution >= 0.6 is 24.0 Å². The number of thiocarbonyl (C=S) groups is 1. The molecule has 0 radical (unpaired) electrons. The second-order valence-electron chi connectivity index (χ2n) is 34.1. The van der Waals surface area contributed by atoms with E-state index in [4.69, 9.17) is 25.9 Å². The summed E-state index contributed by atoms with van der Waals surface area (Å²) in [4.78, 5) is 172. The van der Waals surface area contributed by atoms with Crippen molar-refractivity contribution in [1.29, 1.82) is 0 Å². The first-order chi connectivity index (χ1) is 64.1. The van der Waals surface area contributed by atoms with E-state index in [0.717, 1.165) is 31.4 Å². The van der Waals surface area contributed by atoms with Gasteiger partial charge < -0.3 is 80.9 Å². The van der Waals surface area contributed by atoms with Crippen LogP contribution in [0.2, 0.25) is 0 Å². The Bertz CT molecular complexity index is 5420. The van der Waals surface area contributed by atoms with Crippen molar-refractivity contribution < 1.29 is 91.6 Å². The number of carboxylic acid groups (broad SMARTS) is 2. The Morgan fingerprint density at radius 2 is 1.01 bits per heavy atom. The fourth-order valence-electron chi connectivity index (χ4n) is 16.7. The molecule has 714 valence electrons. The molecule has 4 aromatic rings. The van der Waals surface area contributed by atoms with Crippen LogP contribution < -0.4 is 48.1 Å². The molecule has 3 saturated heterocycles. The average molecular weight is 1870 g/mol. The van der Waals surface area contributed by atoms with E-state index in [-0.39, 0.29) is 123 Å². The van der Waals surface area contributed by atoms with Gasteiger partial charge in [-0.1, -0.05) is 166 Å². The number of anilines is 1. The first-order valence-electron chi connectivity index (χ1n) is 46.8. The molecule has 7 amide bonds. The summed E-state index contributed by atoms with van der Waals surface area (Å²) in [6, 6.07) is 26.2. The summed E-state index contributed by atoms with van der Waals surface area (Å²) in [5.74, 6) is -3.14. The number of ketones is 2. The van der Waals surface area contributed by atoms with Crippen molar-refractivity contribution in [3.8, 4) is 56.4 Å². The number of hydrogen-bond acceptors (Lipinski definition) is 23. The zero-order chi connectivity index (χ0) is 95.7. The fourth-order valence-corrected chi connectivity index (χ4v) is 18.4. The summed E-state index contributed by atoms with van der Waals surface area (Å²) in [5.41, 5.74) is 3.88. The van der Waals surface area contributed by atoms with Crippen LogP contribution in [0.1, 0.15) is 277 Å². The van der Waals surface area contributed by atoms with Crippen molar-refractivity contribution >= 4 is 128 Å². The van der Waals surface area contributed by atoms with Gasteiger partial charge in [0.2, 0.25) is 11.8 Å². The number of carbonyl (C=O) groups excluding carboxylic acids is 10. The normalized spacial score (nSPS) is 15.1. The molecule has 3 fully saturated rings. The van der Waals surface area contributed by atoms with Gasteiger partial charge in [0.1, 0.15) is 51.8 Å². The largest absolute Gasteiger partial charge is 0.508 e. The highest BCUT2D eigenvalue weighted by atomic mass is 32.2. The third-order valence-electron chi connectivity index (χ3n) is 23.6. The SMILES string of the molecule is CC(=O)CCCCCC(NC(=O)CCCN[C@@H]1SC[C@@H]2NC(=O)C[C@@H]21)C(=O)ON1C(=O)CCC1=O.CC(=O)CCCCCCCCCCCCCCCCCCCCCCCCCCN1C(=O)C=CC1=O.CCNC(=O)c1ccc(-c2c3ccc(=O)cc-3oc3cc(O)ccc23)c(C(=O)O)c1.CNCNC(=S)Nc1ccc(-c2c3ccc(=O)cc-3oc3cc(O)ccc23)c(C(=O)O)c1. The lowest BCUT2D eigenvalue weighted by atomic mass is 9.90. The highest BCUT2D eigenvalue weighted by Crippen LogP contribution is 2.45. The minimum Gasteiger partial charge on any atom is -0.508 e. The molecule has 0 bridgehead atoms. The smallest absolute Gasteiger partial charge is 0.355 e. The summed E-state index contributed by atoms with van der Waals surface area (Å²) in [6.45, 7) is 7.04. The molecule has 133 heavy (non-hydrogen) atoms. The predicted octanol–water partition coefficient (Wildman–Crippen LogP) is 17.0. The van der Waals surface area contributed by atoms with Crippen LogP contribution in [0.15, 0.2) is 140 Å². The van der Waals surface area contributed by atoms with E-state index in [0.29, 0.717) is 148 Å². The fraction of sp³-hybridized carbons (Fsp3) is 0.475. The number of unbranched alkanes of at least 4 members (excludes halogenated alkanes) is 25. The van der Waals surface area contributed by atoms with Crippen LogP contribution in [0.25, 0.3) is 66.8 Å². The number of benzene rings is 6. The van der Waals surface area contributed by atoms with Crippen LogP contribution in [-0.2, 0) is 48.0 Å². The molecule has 0 saturated carbocycles. The lowest BCUT2D eigenvalue weighted by Gasteiger charge is -2.20. The molecule has 1 unspecified atom stereocenters. The number of nitrogens with one attached hydrogen (secondary N) is 7. The Morgan fingerprint density at radius 1 is 0.541 bits per heavy atom. The van der Waals surface area contributed by atoms with Crippen molar-refractivity contribution in [3.63, 3.8) is 0 Å². The molecule has 6 aliphatic heterocycles. The number of fused-ring (bicyclic) bond motifs is 5. The maximum Gasteiger partial charge on any atom is 0.355 e. The molecule has 30 nitrogen and oxygen atoms in total. The number of hydroxylamine groups is 2. The summed E-state index contributed by atoms with van der Waals surface area (Å²) >= 11 is 6.98. The van der Waals surface area contributed by atoms with Crippen molar-refractivity contribution in [2.75, 3.05) is 44.4 Å². The highest BCUT2D eigenvalue weighted by Gasteiger charge is 2.43. The van der Waals surface area contributed by atoms with Crippen molar-refractivity contribution in [2.24, 2.45) is 5.92 Å². The maximum atomic E-state index is 12.6. The van der Waals surface area contributed by atoms with Gasteiger partial charge in [0.25, 0.3) is 29.5 Å². The number of rotatable bonds is 50. The summed E-state index contributed by atoms with van der Waals surface area (Å²) < 4.78 is 11.6. The quantitative estimate of drug-likeness (QED) is 0.00554. The number of phenolic OH excluding ortho intramolecular Hbond substituents is 2. The molecule has 2 aliphatic carbocycles. The summed E-state index contributed by atoms with van der Waals surface area (Å²) in [5, 5.41) is 62.2. The minimum absolute atomic E-state index is 0.00765. The molecule has 11 N–H and O–H groups in total. The van der Waals surface area contributed by atoms with Gasteiger partial charge in [-0.2, -0.15) is 0 Å². The van der Waals surface area contributed by atoms with Gasteiger partial charge >= 0.3 is 17.9 Å². The number of carboxylic acids is 2. The Kier molecular flexibility index (Phi) is 43.2. The monoisotopic (exact) mass is 1870 g/mol. The Balaban J connectivity index is 0.000000200. The van der Waals surface area contributed by atoms with E-state index in [1.54, 1.807) is 81.2 Å². The standard InChI is InChI=1S/C32H57NO3.C23H34N4O7S.C23H19N3O5S.C23H17NO6/c1-30(34)26-24-22-20-18-16-14-12-10-8-6-4-2-3-5-7-9-11-13-15-17-19-21-23-25-29-33-31(35)27-28-32(33)36;1-14(28)6-3-2-4-7-16(23(33)34-27-20(31)9-10-21(27)32)25-18(29)8-5-11-24-22-15-12-19(30)26-17(15)13-35-22;1-24-11-25-23(32)26-12-2-5-15(18(8-12)22(29)30)21-16-6-3-13(27)9-19(16)31-20-10-14(28)4-7-17(20)21;1-2-24-22(27)12-3-6-15(18(9-12)23(28)29)21-16-7-4-13(25)10-19(16)30-20-11-14(26)5-8-17(20)21/h27-28H,2-26,29H2,1H3;15-17,22,24H,2-13H2,1H3,(H,25,29)(H,26,30);2-10,24,27H,11H2,1H3,(H,29,30)(H2,25,26,32);3-11,25H,2H2,1H3,(H,24,27)(H,28,29)/t;15-,16?,17-,22+;;/m.0../s1. The number of phenols is 2. The minimum atomic E-state index is -1.20. The summed E-state index contributed by atoms with van der Waals surface area (Å²) in [6.07, 6.45) is 39.4. The van der Waals surface area contributed by atoms with E-state index in [9.17, 15) is 87.5 Å². The third kappa shape index (κ3) is 33.3. The maximum absolute atomic E-state index is 12.6. The number of Topliss-reactive ketones (excluding diaryl/α,β-unsaturated/α-hetero) is 2. The lowest BCUT2D eigenvalue weighted by molar-refractivity contribution is -0.199. The van der Waals surface area contributed by atoms with E-state index in [2.05, 4.69) is 37.2 Å². The van der Waals surface area contributed by atoms with Crippen LogP contribution in [0.5, 0.6) is 11.5 Å². The second kappa shape index (κ2) is 54.9. The molecule has 32 heteroatoms. The third-order valence-corrected chi connectivity index (χ3v) is 25.3. The Labute approximate surface area is 784 Å². The molecule has 12 rings (SSSR count). The van der Waals surface area contributed by atoms with Gasteiger partial charge in [-0.15, -0.1) is 16.8 Å². The highest BCUT2D eigenvalue weighted by molar-refractivity contribution is 8.00. The predicted molar refractivity (Wildman–Crippen MR) is 516 cm³/mol. The van der Waals surface area contributed by atoms with Gasteiger partial charge in [-0.05, 0) is 163 Å². The van der Waals surface area contributed by atoms with Crippen LogP contribution in [0.3, 0.4) is 0 Å². The number of nitrogens with zero attached hydrogens (tertiary/aromatic N) is 2. The number of amides is 7. The molecule has 6 heterocycles. The van der Waals surface area contributed by atoms with Gasteiger partial charge in [-0.25, -0.2) is 14.4 Å². The number of carbonyl (C=O) groups is 12. The molecule has 0 aromatic heterocycles. The zero-order valence-electron chi connectivity index (χ0n) is 76.6. The van der Waals surface area contributed by atoms with Crippen molar-refractivity contribution in [2.45, 2.75) is 263 Å². The number of aromatic hydroxyl groups is 2. The summed E-state index contributed by atoms with van der Waals surface area (Å²) in [7, 11) is 1.77. The van der Waals surface area contributed by atoms with Crippen LogP contribution in [0.4, 0.5) is 5.69 Å². The number of hydrogen-bond donors (Lipinski definition) is 11. The molecule has 0 spiro atoms. The topological polar surface area (TPSA) is 446 Å². The van der Waals surface area contributed by atoms with Gasteiger partial charge in [0, 0.05) is 150 Å². The first-order valence-corrected chi connectivity index (χ1v) is 48.2. The lowest BCUT2D eigenvalue weighted by Crippen LogP contribution is -2.45. The molecular formula is C101H127N9O21S2. The zero-order valence-corrected chi connectivity index (χ0v) is 78.2. The Morgan fingerprint density at radius 3 is 1.49 bits per heavy atom. The van der Waals surface area contributed by atoms with E-state index in [1.165, 1.54) is 219 Å². The van der Waals surface area contributed by atoms with E-state index in [1.807, 2.05) is 0 Å². The molecule has 4 aromatic carbocycles.